The predicted octanol–water partition coefficient (Wildman–Crippen LogP) is 4.64. The van der Waals surface area contributed by atoms with Gasteiger partial charge < -0.3 is 9.04 Å². The van der Waals surface area contributed by atoms with E-state index in [-0.39, 0.29) is 0 Å². The largest absolute Gasteiger partial charge is 0.497 e. The maximum atomic E-state index is 5.22. The second-order valence-electron chi connectivity index (χ2n) is 3.57. The van der Waals surface area contributed by atoms with E-state index in [2.05, 4.69) is 65.0 Å². The van der Waals surface area contributed by atoms with Crippen molar-refractivity contribution in [3.05, 3.63) is 29.8 Å². The molecule has 0 saturated carbocycles. The molecule has 0 bridgehead atoms. The van der Waals surface area contributed by atoms with Gasteiger partial charge in [-0.1, -0.05) is 48.6 Å². The highest BCUT2D eigenvalue weighted by Gasteiger charge is 2.13. The molecule has 4 heteroatoms. The van der Waals surface area contributed by atoms with E-state index in [1.165, 1.54) is 15.7 Å². The number of rotatable bonds is 3. The van der Waals surface area contributed by atoms with Gasteiger partial charge in [0.1, 0.15) is 5.75 Å². The molecule has 0 saturated heterocycles. The van der Waals surface area contributed by atoms with Crippen molar-refractivity contribution in [2.75, 3.05) is 28.1 Å². The van der Waals surface area contributed by atoms with E-state index in [4.69, 9.17) is 4.74 Å². The zero-order valence-electron chi connectivity index (χ0n) is 11.1. The van der Waals surface area contributed by atoms with Gasteiger partial charge in [0, 0.05) is 17.9 Å². The van der Waals surface area contributed by atoms with Crippen LogP contribution in [0.15, 0.2) is 24.3 Å². The van der Waals surface area contributed by atoms with Gasteiger partial charge in [0.25, 0.3) is 0 Å². The van der Waals surface area contributed by atoms with Crippen LogP contribution in [-0.4, -0.2) is 23.8 Å². The van der Waals surface area contributed by atoms with Crippen molar-refractivity contribution in [2.24, 2.45) is 0 Å². The number of methoxy groups -OCH3 is 1. The minimum atomic E-state index is 0.918. The zero-order chi connectivity index (χ0) is 13.4. The number of benzene rings is 1. The Labute approximate surface area is 128 Å². The van der Waals surface area contributed by atoms with E-state index in [0.29, 0.717) is 0 Å². The number of ether oxygens (including phenoxy) is 1. The lowest BCUT2D eigenvalue weighted by molar-refractivity contribution is 0.414. The van der Waals surface area contributed by atoms with Crippen molar-refractivity contribution in [2.45, 2.75) is 13.8 Å². The third kappa shape index (κ3) is 4.39. The Morgan fingerprint density at radius 2 is 2.11 bits per heavy atom. The van der Waals surface area contributed by atoms with Gasteiger partial charge in [-0.05, 0) is 34.6 Å². The standard InChI is InChI=1S/C12H15NOS.C2H5I/c1-3-15-13-8-4-5-10-9-11(14-2)6-7-12(10)13;1-2-3/h4-7,9H,3,8H2,1-2H3;2H2,1H3. The Morgan fingerprint density at radius 1 is 1.39 bits per heavy atom. The normalized spacial score (nSPS) is 12.6. The van der Waals surface area contributed by atoms with Gasteiger partial charge in [0.15, 0.2) is 0 Å². The van der Waals surface area contributed by atoms with Crippen molar-refractivity contribution >= 4 is 46.3 Å². The van der Waals surface area contributed by atoms with Gasteiger partial charge in [-0.15, -0.1) is 0 Å². The quantitative estimate of drug-likeness (QED) is 0.433. The fraction of sp³-hybridized carbons (Fsp3) is 0.429. The van der Waals surface area contributed by atoms with Crippen LogP contribution in [0.5, 0.6) is 5.75 Å². The van der Waals surface area contributed by atoms with Gasteiger partial charge in [0.05, 0.1) is 12.8 Å². The molecule has 0 atom stereocenters. The first-order chi connectivity index (χ1) is 8.76. The average Bonchev–Trinajstić information content (AvgIpc) is 2.40. The number of nitrogens with zero attached hydrogens (tertiary/aromatic N) is 1. The Hall–Kier alpha value is -0.360. The molecule has 100 valence electrons. The topological polar surface area (TPSA) is 12.5 Å². The summed E-state index contributed by atoms with van der Waals surface area (Å²) >= 11 is 4.14. The second-order valence-corrected chi connectivity index (χ2v) is 6.38. The highest BCUT2D eigenvalue weighted by Crippen LogP contribution is 2.33. The molecule has 1 heterocycles. The Balaban J connectivity index is 0.000000492. The summed E-state index contributed by atoms with van der Waals surface area (Å²) in [6.07, 6.45) is 4.34. The molecule has 0 spiro atoms. The smallest absolute Gasteiger partial charge is 0.119 e. The van der Waals surface area contributed by atoms with Crippen molar-refractivity contribution in [3.63, 3.8) is 0 Å². The molecule has 1 aliphatic rings. The summed E-state index contributed by atoms with van der Waals surface area (Å²) in [7, 11) is 1.70. The summed E-state index contributed by atoms with van der Waals surface area (Å²) < 4.78 is 8.75. The Kier molecular flexibility index (Phi) is 7.58. The molecule has 0 amide bonds. The van der Waals surface area contributed by atoms with Gasteiger partial charge in [-0.25, -0.2) is 0 Å². The van der Waals surface area contributed by atoms with Gasteiger partial charge >= 0.3 is 0 Å². The number of hydrogen-bond acceptors (Lipinski definition) is 3. The first kappa shape index (κ1) is 15.7. The Bertz CT molecular complexity index is 395. The minimum absolute atomic E-state index is 0.918. The van der Waals surface area contributed by atoms with Crippen LogP contribution in [0.25, 0.3) is 6.08 Å². The molecule has 2 nitrogen and oxygen atoms in total. The lowest BCUT2D eigenvalue weighted by Gasteiger charge is -2.26. The van der Waals surface area contributed by atoms with Crippen LogP contribution in [0, 0.1) is 0 Å². The van der Waals surface area contributed by atoms with E-state index in [0.717, 1.165) is 18.0 Å². The van der Waals surface area contributed by atoms with Crippen LogP contribution in [0.4, 0.5) is 5.69 Å². The molecule has 1 aromatic rings. The van der Waals surface area contributed by atoms with Gasteiger partial charge in [-0.2, -0.15) is 0 Å². The van der Waals surface area contributed by atoms with E-state index in [1.807, 2.05) is 18.0 Å². The number of alkyl halides is 1. The highest BCUT2D eigenvalue weighted by molar-refractivity contribution is 14.1. The summed E-state index contributed by atoms with van der Waals surface area (Å²) in [5.74, 6) is 2.01. The van der Waals surface area contributed by atoms with E-state index in [9.17, 15) is 0 Å². The van der Waals surface area contributed by atoms with E-state index in [1.54, 1.807) is 7.11 Å². The zero-order valence-corrected chi connectivity index (χ0v) is 14.1. The van der Waals surface area contributed by atoms with Crippen molar-refractivity contribution in [1.29, 1.82) is 0 Å². The third-order valence-corrected chi connectivity index (χ3v) is 3.27. The third-order valence-electron chi connectivity index (χ3n) is 2.36. The summed E-state index contributed by atoms with van der Waals surface area (Å²) in [6.45, 7) is 5.27. The van der Waals surface area contributed by atoms with Crippen molar-refractivity contribution in [3.8, 4) is 5.75 Å². The highest BCUT2D eigenvalue weighted by atomic mass is 127. The molecule has 0 N–H and O–H groups in total. The molecule has 0 aliphatic carbocycles. The Morgan fingerprint density at radius 3 is 2.72 bits per heavy atom. The van der Waals surface area contributed by atoms with Gasteiger partial charge in [-0.3, -0.25) is 0 Å². The first-order valence-electron chi connectivity index (χ1n) is 6.07. The SMILES string of the molecule is CCI.CCSN1CC=Cc2cc(OC)ccc21. The van der Waals surface area contributed by atoms with Crippen molar-refractivity contribution in [1.82, 2.24) is 0 Å². The van der Waals surface area contributed by atoms with Crippen molar-refractivity contribution < 1.29 is 4.74 Å². The van der Waals surface area contributed by atoms with Crippen LogP contribution in [-0.2, 0) is 0 Å². The maximum Gasteiger partial charge on any atom is 0.119 e. The fourth-order valence-corrected chi connectivity index (χ4v) is 2.48. The lowest BCUT2D eigenvalue weighted by atomic mass is 10.1. The van der Waals surface area contributed by atoms with Gasteiger partial charge in [0.2, 0.25) is 0 Å². The molecule has 1 aliphatic heterocycles. The summed E-state index contributed by atoms with van der Waals surface area (Å²) in [4.78, 5) is 0. The average molecular weight is 377 g/mol. The molecule has 0 radical (unpaired) electrons. The minimum Gasteiger partial charge on any atom is -0.497 e. The fourth-order valence-electron chi connectivity index (χ4n) is 1.67. The van der Waals surface area contributed by atoms with Crippen LogP contribution < -0.4 is 9.04 Å². The van der Waals surface area contributed by atoms with Crippen LogP contribution in [0.3, 0.4) is 0 Å². The van der Waals surface area contributed by atoms with E-state index >= 15 is 0 Å². The summed E-state index contributed by atoms with van der Waals surface area (Å²) in [5.41, 5.74) is 2.52. The van der Waals surface area contributed by atoms with Crippen LogP contribution in [0.1, 0.15) is 19.4 Å². The molecule has 0 unspecified atom stereocenters. The maximum absolute atomic E-state index is 5.22. The van der Waals surface area contributed by atoms with Crippen LogP contribution >= 0.6 is 34.5 Å². The number of anilines is 1. The molecule has 2 rings (SSSR count). The molecule has 0 aromatic heterocycles. The van der Waals surface area contributed by atoms with Crippen LogP contribution in [0.2, 0.25) is 0 Å². The lowest BCUT2D eigenvalue weighted by Crippen LogP contribution is -2.18. The molecule has 1 aromatic carbocycles. The molecular weight excluding hydrogens is 357 g/mol. The number of hydrogen-bond donors (Lipinski definition) is 0. The first-order valence-corrected chi connectivity index (χ1v) is 8.54. The predicted molar refractivity (Wildman–Crippen MR) is 92.1 cm³/mol. The second kappa shape index (κ2) is 8.69. The number of halogens is 1. The summed E-state index contributed by atoms with van der Waals surface area (Å²) in [6, 6.07) is 6.22. The molecule has 18 heavy (non-hydrogen) atoms. The number of fused-ring (bicyclic) bond motifs is 1. The van der Waals surface area contributed by atoms with E-state index < -0.39 is 0 Å². The summed E-state index contributed by atoms with van der Waals surface area (Å²) in [5, 5.41) is 0. The molecular formula is C14H20INOS. The molecule has 0 fully saturated rings. The monoisotopic (exact) mass is 377 g/mol.